The highest BCUT2D eigenvalue weighted by molar-refractivity contribution is 9.10. The Hall–Kier alpha value is -3.63. The number of methoxy groups -OCH3 is 1. The molecule has 32 heavy (non-hydrogen) atoms. The Bertz CT molecular complexity index is 1340. The van der Waals surface area contributed by atoms with Crippen molar-refractivity contribution in [1.82, 2.24) is 9.97 Å². The lowest BCUT2D eigenvalue weighted by atomic mass is 10.0. The smallest absolute Gasteiger partial charge is 0.142 e. The lowest BCUT2D eigenvalue weighted by molar-refractivity contribution is 0.416. The number of rotatable bonds is 5. The SMILES string of the molecule is COc1ccc(Br)cc1-c1nc(-c2ccccc2)c(-c2ccc(-c3ccccc3)cc2)[nH]1. The molecule has 3 nitrogen and oxygen atoms in total. The van der Waals surface area contributed by atoms with E-state index < -0.39 is 0 Å². The summed E-state index contributed by atoms with van der Waals surface area (Å²) < 4.78 is 6.57. The second kappa shape index (κ2) is 8.85. The number of hydrogen-bond donors (Lipinski definition) is 1. The minimum atomic E-state index is 0.768. The van der Waals surface area contributed by atoms with E-state index in [4.69, 9.17) is 9.72 Å². The number of ether oxygens (including phenoxy) is 1. The van der Waals surface area contributed by atoms with Crippen LogP contribution in [-0.4, -0.2) is 17.1 Å². The maximum Gasteiger partial charge on any atom is 0.142 e. The molecule has 5 rings (SSSR count). The van der Waals surface area contributed by atoms with Gasteiger partial charge in [-0.1, -0.05) is 101 Å². The summed E-state index contributed by atoms with van der Waals surface area (Å²) in [5.74, 6) is 1.54. The highest BCUT2D eigenvalue weighted by atomic mass is 79.9. The average Bonchev–Trinajstić information content (AvgIpc) is 3.31. The fourth-order valence-electron chi connectivity index (χ4n) is 3.84. The van der Waals surface area contributed by atoms with Crippen LogP contribution in [0.2, 0.25) is 0 Å². The molecule has 0 aliphatic heterocycles. The van der Waals surface area contributed by atoms with Crippen molar-refractivity contribution in [1.29, 1.82) is 0 Å². The number of nitrogens with one attached hydrogen (secondary N) is 1. The van der Waals surface area contributed by atoms with E-state index in [1.807, 2.05) is 42.5 Å². The van der Waals surface area contributed by atoms with E-state index in [0.717, 1.165) is 44.1 Å². The van der Waals surface area contributed by atoms with Crippen molar-refractivity contribution in [3.05, 3.63) is 108 Å². The largest absolute Gasteiger partial charge is 0.496 e. The summed E-state index contributed by atoms with van der Waals surface area (Å²) in [7, 11) is 1.68. The molecule has 4 aromatic carbocycles. The zero-order chi connectivity index (χ0) is 21.9. The summed E-state index contributed by atoms with van der Waals surface area (Å²) in [5.41, 5.74) is 7.33. The zero-order valence-electron chi connectivity index (χ0n) is 17.5. The molecule has 1 N–H and O–H groups in total. The Morgan fingerprint density at radius 3 is 1.94 bits per heavy atom. The van der Waals surface area contributed by atoms with Crippen LogP contribution in [0, 0.1) is 0 Å². The molecule has 0 saturated carbocycles. The van der Waals surface area contributed by atoms with Crippen LogP contribution >= 0.6 is 15.9 Å². The van der Waals surface area contributed by atoms with Gasteiger partial charge in [0.05, 0.1) is 24.1 Å². The second-order valence-corrected chi connectivity index (χ2v) is 8.38. The van der Waals surface area contributed by atoms with Crippen LogP contribution in [0.25, 0.3) is 45.0 Å². The van der Waals surface area contributed by atoms with Gasteiger partial charge in [0.1, 0.15) is 11.6 Å². The molecule has 1 heterocycles. The number of nitrogens with zero attached hydrogens (tertiary/aromatic N) is 1. The van der Waals surface area contributed by atoms with Crippen LogP contribution < -0.4 is 4.74 Å². The molecule has 4 heteroatoms. The molecule has 5 aromatic rings. The van der Waals surface area contributed by atoms with Crippen LogP contribution in [0.5, 0.6) is 5.75 Å². The minimum absolute atomic E-state index is 0.768. The summed E-state index contributed by atoms with van der Waals surface area (Å²) in [6.07, 6.45) is 0. The maximum absolute atomic E-state index is 5.60. The molecule has 1 aromatic heterocycles. The average molecular weight is 481 g/mol. The number of hydrogen-bond acceptors (Lipinski definition) is 2. The summed E-state index contributed by atoms with van der Waals surface area (Å²) in [6, 6.07) is 35.2. The van der Waals surface area contributed by atoms with E-state index in [2.05, 4.69) is 81.6 Å². The van der Waals surface area contributed by atoms with E-state index in [0.29, 0.717) is 0 Å². The molecule has 0 saturated heterocycles. The van der Waals surface area contributed by atoms with Crippen molar-refractivity contribution in [2.75, 3.05) is 7.11 Å². The first-order chi connectivity index (χ1) is 15.7. The predicted molar refractivity (Wildman–Crippen MR) is 135 cm³/mol. The summed E-state index contributed by atoms with van der Waals surface area (Å²) >= 11 is 3.57. The Balaban J connectivity index is 1.64. The van der Waals surface area contributed by atoms with E-state index in [-0.39, 0.29) is 0 Å². The molecule has 0 fully saturated rings. The monoisotopic (exact) mass is 480 g/mol. The third kappa shape index (κ3) is 3.97. The van der Waals surface area contributed by atoms with Gasteiger partial charge < -0.3 is 9.72 Å². The van der Waals surface area contributed by atoms with Crippen molar-refractivity contribution in [2.24, 2.45) is 0 Å². The Labute approximate surface area is 195 Å². The van der Waals surface area contributed by atoms with Gasteiger partial charge >= 0.3 is 0 Å². The summed E-state index contributed by atoms with van der Waals surface area (Å²) in [4.78, 5) is 8.56. The summed E-state index contributed by atoms with van der Waals surface area (Å²) in [6.45, 7) is 0. The van der Waals surface area contributed by atoms with E-state index in [9.17, 15) is 0 Å². The third-order valence-corrected chi connectivity index (χ3v) is 5.94. The van der Waals surface area contributed by atoms with Crippen molar-refractivity contribution >= 4 is 15.9 Å². The maximum atomic E-state index is 5.60. The molecular weight excluding hydrogens is 460 g/mol. The Kier molecular flexibility index (Phi) is 5.61. The van der Waals surface area contributed by atoms with E-state index in [1.165, 1.54) is 11.1 Å². The van der Waals surface area contributed by atoms with Crippen molar-refractivity contribution in [3.63, 3.8) is 0 Å². The van der Waals surface area contributed by atoms with Gasteiger partial charge in [-0.2, -0.15) is 0 Å². The number of H-pyrrole nitrogens is 1. The first-order valence-electron chi connectivity index (χ1n) is 10.4. The lowest BCUT2D eigenvalue weighted by Gasteiger charge is -2.07. The van der Waals surface area contributed by atoms with Gasteiger partial charge in [0.25, 0.3) is 0 Å². The lowest BCUT2D eigenvalue weighted by Crippen LogP contribution is -1.89. The molecule has 0 aliphatic rings. The number of imidazole rings is 1. The molecule has 0 unspecified atom stereocenters. The van der Waals surface area contributed by atoms with Gasteiger partial charge in [-0.05, 0) is 29.3 Å². The first kappa shape index (κ1) is 20.3. The predicted octanol–water partition coefficient (Wildman–Crippen LogP) is 7.85. The molecule has 0 spiro atoms. The van der Waals surface area contributed by atoms with Crippen LogP contribution in [0.1, 0.15) is 0 Å². The fourth-order valence-corrected chi connectivity index (χ4v) is 4.20. The zero-order valence-corrected chi connectivity index (χ0v) is 19.1. The van der Waals surface area contributed by atoms with Crippen molar-refractivity contribution in [2.45, 2.75) is 0 Å². The van der Waals surface area contributed by atoms with Crippen LogP contribution in [0.3, 0.4) is 0 Å². The summed E-state index contributed by atoms with van der Waals surface area (Å²) in [5, 5.41) is 0. The van der Waals surface area contributed by atoms with Gasteiger partial charge in [-0.3, -0.25) is 0 Å². The molecular formula is C28H21BrN2O. The fraction of sp³-hybridized carbons (Fsp3) is 0.0357. The topological polar surface area (TPSA) is 37.9 Å². The molecule has 0 radical (unpaired) electrons. The quantitative estimate of drug-likeness (QED) is 0.278. The van der Waals surface area contributed by atoms with Crippen molar-refractivity contribution in [3.8, 4) is 50.8 Å². The molecule has 0 amide bonds. The van der Waals surface area contributed by atoms with Crippen molar-refractivity contribution < 1.29 is 4.74 Å². The number of aromatic nitrogens is 2. The Morgan fingerprint density at radius 2 is 1.28 bits per heavy atom. The minimum Gasteiger partial charge on any atom is -0.496 e. The molecule has 0 bridgehead atoms. The van der Waals surface area contributed by atoms with Crippen LogP contribution in [-0.2, 0) is 0 Å². The standard InChI is InChI=1S/C28H21BrN2O/c1-32-25-17-16-23(29)18-24(25)28-30-26(21-10-6-3-7-11-21)27(31-28)22-14-12-20(13-15-22)19-8-4-2-5-9-19/h2-18H,1H3,(H,30,31). The molecule has 0 atom stereocenters. The first-order valence-corrected chi connectivity index (χ1v) is 11.2. The number of aromatic amines is 1. The van der Waals surface area contributed by atoms with Gasteiger partial charge in [0.2, 0.25) is 0 Å². The van der Waals surface area contributed by atoms with Gasteiger partial charge in [-0.15, -0.1) is 0 Å². The highest BCUT2D eigenvalue weighted by Crippen LogP contribution is 2.37. The molecule has 0 aliphatic carbocycles. The van der Waals surface area contributed by atoms with E-state index in [1.54, 1.807) is 7.11 Å². The molecule has 156 valence electrons. The normalized spacial score (nSPS) is 10.8. The van der Waals surface area contributed by atoms with Gasteiger partial charge in [-0.25, -0.2) is 4.98 Å². The van der Waals surface area contributed by atoms with Gasteiger partial charge in [0.15, 0.2) is 0 Å². The van der Waals surface area contributed by atoms with Gasteiger partial charge in [0, 0.05) is 15.6 Å². The van der Waals surface area contributed by atoms with Crippen LogP contribution in [0.4, 0.5) is 0 Å². The Morgan fingerprint density at radius 1 is 0.688 bits per heavy atom. The number of halogens is 1. The van der Waals surface area contributed by atoms with E-state index >= 15 is 0 Å². The third-order valence-electron chi connectivity index (χ3n) is 5.45. The highest BCUT2D eigenvalue weighted by Gasteiger charge is 2.18. The van der Waals surface area contributed by atoms with Crippen LogP contribution in [0.15, 0.2) is 108 Å². The second-order valence-electron chi connectivity index (χ2n) is 7.46. The number of benzene rings is 4.